The molecule has 0 aromatic carbocycles. The number of likely N-dealkylation sites (N-methyl/N-ethyl adjacent to an activating group) is 1. The van der Waals surface area contributed by atoms with E-state index < -0.39 is 33.4 Å². The molecule has 0 bridgehead atoms. The number of carbonyl (C=O) groups is 2. The van der Waals surface area contributed by atoms with Crippen LogP contribution in [0.3, 0.4) is 0 Å². The Morgan fingerprint density at radius 1 is 1.23 bits per heavy atom. The summed E-state index contributed by atoms with van der Waals surface area (Å²) >= 11 is 6.18. The van der Waals surface area contributed by atoms with Crippen LogP contribution in [0.15, 0.2) is 0 Å². The standard InChI is InChI=1S/C17H30ClFN6O4S/c1-20-17(27)25-5-10(6-25)8-30(28,29)23-22-16(26)12-3-11(4-13(18)15(12)19)14-7-24(2)9-21-14/h10-15,21,23H,3-9H2,1-2H3,(H,20,27)(H,22,26). The molecule has 5 unspecified atom stereocenters. The van der Waals surface area contributed by atoms with Gasteiger partial charge >= 0.3 is 6.03 Å². The van der Waals surface area contributed by atoms with E-state index in [4.69, 9.17) is 11.6 Å². The molecule has 0 aromatic rings. The third-order valence-electron chi connectivity index (χ3n) is 6.10. The van der Waals surface area contributed by atoms with Crippen molar-refractivity contribution in [3.8, 4) is 0 Å². The summed E-state index contributed by atoms with van der Waals surface area (Å²) in [7, 11) is -0.336. The fourth-order valence-corrected chi connectivity index (χ4v) is 6.00. The van der Waals surface area contributed by atoms with Gasteiger partial charge in [0.2, 0.25) is 15.9 Å². The van der Waals surface area contributed by atoms with Crippen molar-refractivity contribution >= 4 is 33.6 Å². The fourth-order valence-electron chi connectivity index (χ4n) is 4.43. The first-order chi connectivity index (χ1) is 14.1. The predicted octanol–water partition coefficient (Wildman–Crippen LogP) is -0.959. The highest BCUT2D eigenvalue weighted by Gasteiger charge is 2.44. The van der Waals surface area contributed by atoms with Crippen LogP contribution in [0.1, 0.15) is 12.8 Å². The van der Waals surface area contributed by atoms with E-state index in [9.17, 15) is 22.4 Å². The maximum atomic E-state index is 14.6. The summed E-state index contributed by atoms with van der Waals surface area (Å²) in [5, 5.41) is 5.02. The Morgan fingerprint density at radius 2 is 1.93 bits per heavy atom. The Morgan fingerprint density at radius 3 is 2.53 bits per heavy atom. The van der Waals surface area contributed by atoms with Crippen LogP contribution in [-0.4, -0.2) is 93.9 Å². The number of amides is 3. The first-order valence-corrected chi connectivity index (χ1v) is 12.1. The third kappa shape index (κ3) is 5.52. The van der Waals surface area contributed by atoms with Crippen LogP contribution < -0.4 is 20.9 Å². The van der Waals surface area contributed by atoms with Gasteiger partial charge in [-0.3, -0.25) is 20.4 Å². The van der Waals surface area contributed by atoms with Crippen molar-refractivity contribution in [2.75, 3.05) is 46.2 Å². The summed E-state index contributed by atoms with van der Waals surface area (Å²) < 4.78 is 39.1. The first kappa shape index (κ1) is 23.5. The van der Waals surface area contributed by atoms with Gasteiger partial charge in [-0.05, 0) is 25.8 Å². The van der Waals surface area contributed by atoms with Crippen molar-refractivity contribution in [3.05, 3.63) is 0 Å². The number of nitrogens with one attached hydrogen (secondary N) is 4. The Labute approximate surface area is 181 Å². The molecule has 10 nitrogen and oxygen atoms in total. The van der Waals surface area contributed by atoms with Crippen molar-refractivity contribution in [2.24, 2.45) is 17.8 Å². The molecule has 13 heteroatoms. The van der Waals surface area contributed by atoms with Crippen molar-refractivity contribution in [3.63, 3.8) is 0 Å². The summed E-state index contributed by atoms with van der Waals surface area (Å²) in [6, 6.07) is -0.137. The van der Waals surface area contributed by atoms with E-state index in [1.165, 1.54) is 11.9 Å². The Kier molecular flexibility index (Phi) is 7.44. The molecule has 172 valence electrons. The number of alkyl halides is 2. The number of halogens is 2. The number of carbonyl (C=O) groups excluding carboxylic acids is 2. The zero-order valence-corrected chi connectivity index (χ0v) is 18.7. The van der Waals surface area contributed by atoms with Crippen LogP contribution in [0.5, 0.6) is 0 Å². The van der Waals surface area contributed by atoms with Gasteiger partial charge in [0, 0.05) is 45.3 Å². The van der Waals surface area contributed by atoms with Crippen molar-refractivity contribution < 1.29 is 22.4 Å². The number of urea groups is 1. The van der Waals surface area contributed by atoms with Crippen LogP contribution in [0.25, 0.3) is 0 Å². The van der Waals surface area contributed by atoms with E-state index in [0.717, 1.165) is 13.2 Å². The molecular weight excluding hydrogens is 439 g/mol. The zero-order valence-electron chi connectivity index (χ0n) is 17.1. The molecule has 30 heavy (non-hydrogen) atoms. The lowest BCUT2D eigenvalue weighted by atomic mass is 9.76. The van der Waals surface area contributed by atoms with Gasteiger partial charge in [-0.25, -0.2) is 17.6 Å². The monoisotopic (exact) mass is 468 g/mol. The Hall–Kier alpha value is -1.21. The van der Waals surface area contributed by atoms with E-state index in [-0.39, 0.29) is 29.7 Å². The molecule has 4 N–H and O–H groups in total. The number of hydrazine groups is 1. The lowest BCUT2D eigenvalue weighted by Crippen LogP contribution is -2.57. The number of likely N-dealkylation sites (tertiary alicyclic amines) is 1. The lowest BCUT2D eigenvalue weighted by molar-refractivity contribution is -0.129. The van der Waals surface area contributed by atoms with Crippen LogP contribution >= 0.6 is 11.6 Å². The van der Waals surface area contributed by atoms with Gasteiger partial charge in [-0.2, -0.15) is 0 Å². The van der Waals surface area contributed by atoms with E-state index in [1.54, 1.807) is 0 Å². The molecule has 1 saturated carbocycles. The van der Waals surface area contributed by atoms with Gasteiger partial charge < -0.3 is 10.2 Å². The lowest BCUT2D eigenvalue weighted by Gasteiger charge is -2.38. The van der Waals surface area contributed by atoms with Gasteiger partial charge in [-0.1, -0.05) is 0 Å². The van der Waals surface area contributed by atoms with Gasteiger partial charge in [0.1, 0.15) is 6.17 Å². The van der Waals surface area contributed by atoms with E-state index in [1.807, 2.05) is 7.05 Å². The molecule has 1 aliphatic carbocycles. The minimum Gasteiger partial charge on any atom is -0.341 e. The zero-order chi connectivity index (χ0) is 22.1. The minimum absolute atomic E-state index is 0.0301. The number of rotatable bonds is 6. The first-order valence-electron chi connectivity index (χ1n) is 10.1. The molecule has 0 radical (unpaired) electrons. The number of hydrogen-bond donors (Lipinski definition) is 4. The SMILES string of the molecule is CNC(=O)N1CC(CS(=O)(=O)NNC(=O)C2CC(C3CN(C)CN3)CC(Cl)C2F)C1. The average Bonchev–Trinajstić information content (AvgIpc) is 3.10. The number of hydrogen-bond acceptors (Lipinski definition) is 6. The molecule has 3 rings (SSSR count). The topological polar surface area (TPSA) is 123 Å². The van der Waals surface area contributed by atoms with E-state index >= 15 is 0 Å². The van der Waals surface area contributed by atoms with Crippen LogP contribution in [0.4, 0.5) is 9.18 Å². The van der Waals surface area contributed by atoms with Gasteiger partial charge in [0.25, 0.3) is 0 Å². The third-order valence-corrected chi connectivity index (χ3v) is 7.84. The highest BCUT2D eigenvalue weighted by Crippen LogP contribution is 2.37. The summed E-state index contributed by atoms with van der Waals surface area (Å²) in [6.07, 6.45) is -0.778. The highest BCUT2D eigenvalue weighted by molar-refractivity contribution is 7.89. The largest absolute Gasteiger partial charge is 0.341 e. The molecule has 2 heterocycles. The fraction of sp³-hybridized carbons (Fsp3) is 0.882. The van der Waals surface area contributed by atoms with Gasteiger partial charge in [0.15, 0.2) is 0 Å². The minimum atomic E-state index is -3.81. The summed E-state index contributed by atoms with van der Waals surface area (Å²) in [6.45, 7) is 2.16. The molecule has 0 spiro atoms. The maximum absolute atomic E-state index is 14.6. The molecule has 2 saturated heterocycles. The quantitative estimate of drug-likeness (QED) is 0.294. The second-order valence-corrected chi connectivity index (χ2v) is 10.8. The molecule has 2 aliphatic heterocycles. The van der Waals surface area contributed by atoms with Gasteiger partial charge in [0.05, 0.1) is 17.0 Å². The maximum Gasteiger partial charge on any atom is 0.317 e. The Balaban J connectivity index is 1.49. The van der Waals surface area contributed by atoms with Crippen molar-refractivity contribution in [2.45, 2.75) is 30.4 Å². The summed E-state index contributed by atoms with van der Waals surface area (Å²) in [5.41, 5.74) is 2.16. The van der Waals surface area contributed by atoms with E-state index in [2.05, 4.69) is 25.8 Å². The van der Waals surface area contributed by atoms with E-state index in [0.29, 0.717) is 25.9 Å². The number of nitrogens with zero attached hydrogens (tertiary/aromatic N) is 2. The smallest absolute Gasteiger partial charge is 0.317 e. The molecule has 0 aromatic heterocycles. The van der Waals surface area contributed by atoms with Crippen molar-refractivity contribution in [1.29, 1.82) is 0 Å². The Bertz CT molecular complexity index is 753. The summed E-state index contributed by atoms with van der Waals surface area (Å²) in [5.74, 6) is -2.16. The summed E-state index contributed by atoms with van der Waals surface area (Å²) in [4.78, 5) is 29.6. The second-order valence-electron chi connectivity index (χ2n) is 8.50. The van der Waals surface area contributed by atoms with Crippen LogP contribution in [0, 0.1) is 17.8 Å². The normalized spacial score (nSPS) is 33.2. The molecule has 3 amide bonds. The predicted molar refractivity (Wildman–Crippen MR) is 110 cm³/mol. The molecule has 3 aliphatic rings. The molecule has 3 fully saturated rings. The average molecular weight is 469 g/mol. The second kappa shape index (κ2) is 9.51. The van der Waals surface area contributed by atoms with Gasteiger partial charge in [-0.15, -0.1) is 16.4 Å². The molecular formula is C17H30ClFN6O4S. The van der Waals surface area contributed by atoms with Crippen molar-refractivity contribution in [1.82, 2.24) is 30.7 Å². The molecule has 5 atom stereocenters. The highest BCUT2D eigenvalue weighted by atomic mass is 35.5. The van der Waals surface area contributed by atoms with Crippen LogP contribution in [0.2, 0.25) is 0 Å². The number of sulfonamides is 1. The van der Waals surface area contributed by atoms with Crippen LogP contribution in [-0.2, 0) is 14.8 Å².